The summed E-state index contributed by atoms with van der Waals surface area (Å²) in [4.78, 5) is 24.3. The smallest absolute Gasteiger partial charge is 0.339 e. The van der Waals surface area contributed by atoms with Crippen LogP contribution in [0.4, 0.5) is 5.69 Å². The Labute approximate surface area is 127 Å². The summed E-state index contributed by atoms with van der Waals surface area (Å²) in [5.74, 6) is -0.284. The van der Waals surface area contributed by atoms with Crippen LogP contribution in [0.3, 0.4) is 0 Å². The van der Waals surface area contributed by atoms with E-state index in [0.717, 1.165) is 5.56 Å². The number of benzene rings is 2. The van der Waals surface area contributed by atoms with E-state index in [-0.39, 0.29) is 5.91 Å². The number of anilines is 1. The molecule has 1 heterocycles. The summed E-state index contributed by atoms with van der Waals surface area (Å²) < 4.78 is 10.4. The van der Waals surface area contributed by atoms with E-state index in [9.17, 15) is 9.59 Å². The van der Waals surface area contributed by atoms with Crippen LogP contribution in [0.5, 0.6) is 5.75 Å². The molecular formula is C17H15NO4. The van der Waals surface area contributed by atoms with Gasteiger partial charge in [0.05, 0.1) is 18.4 Å². The Morgan fingerprint density at radius 2 is 1.91 bits per heavy atom. The molecule has 0 saturated carbocycles. The first-order chi connectivity index (χ1) is 10.7. The van der Waals surface area contributed by atoms with Gasteiger partial charge < -0.3 is 14.8 Å². The molecule has 112 valence electrons. The van der Waals surface area contributed by atoms with Crippen LogP contribution in [0.25, 0.3) is 0 Å². The van der Waals surface area contributed by atoms with Crippen LogP contribution in [0.1, 0.15) is 15.9 Å². The van der Waals surface area contributed by atoms with Gasteiger partial charge in [-0.05, 0) is 23.8 Å². The molecule has 0 saturated heterocycles. The SMILES string of the molecule is COc1ccccc1NC(=O)[C@H]1Cc2ccccc2C(=O)O1. The van der Waals surface area contributed by atoms with E-state index >= 15 is 0 Å². The maximum absolute atomic E-state index is 12.3. The molecule has 3 rings (SSSR count). The number of methoxy groups -OCH3 is 1. The molecule has 0 bridgehead atoms. The van der Waals surface area contributed by atoms with Gasteiger partial charge in [-0.15, -0.1) is 0 Å². The van der Waals surface area contributed by atoms with Crippen molar-refractivity contribution in [1.82, 2.24) is 0 Å². The van der Waals surface area contributed by atoms with Gasteiger partial charge in [0.2, 0.25) is 0 Å². The average molecular weight is 297 g/mol. The van der Waals surface area contributed by atoms with E-state index < -0.39 is 12.1 Å². The zero-order valence-corrected chi connectivity index (χ0v) is 12.0. The third kappa shape index (κ3) is 2.65. The first kappa shape index (κ1) is 14.1. The van der Waals surface area contributed by atoms with Gasteiger partial charge in [-0.25, -0.2) is 4.79 Å². The van der Waals surface area contributed by atoms with Crippen molar-refractivity contribution in [1.29, 1.82) is 0 Å². The number of rotatable bonds is 3. The van der Waals surface area contributed by atoms with Crippen LogP contribution in [0.2, 0.25) is 0 Å². The molecule has 0 aromatic heterocycles. The third-order valence-electron chi connectivity index (χ3n) is 3.55. The number of carbonyl (C=O) groups is 2. The molecule has 0 spiro atoms. The fourth-order valence-electron chi connectivity index (χ4n) is 2.44. The van der Waals surface area contributed by atoms with Crippen LogP contribution in [0.15, 0.2) is 48.5 Å². The summed E-state index contributed by atoms with van der Waals surface area (Å²) in [6.45, 7) is 0. The topological polar surface area (TPSA) is 64.6 Å². The molecule has 0 fully saturated rings. The minimum absolute atomic E-state index is 0.364. The van der Waals surface area contributed by atoms with E-state index in [1.807, 2.05) is 18.2 Å². The predicted molar refractivity (Wildman–Crippen MR) is 81.0 cm³/mol. The number of hydrogen-bond donors (Lipinski definition) is 1. The number of nitrogens with one attached hydrogen (secondary N) is 1. The van der Waals surface area contributed by atoms with Crippen molar-refractivity contribution < 1.29 is 19.1 Å². The summed E-state index contributed by atoms with van der Waals surface area (Å²) in [5.41, 5.74) is 1.88. The maximum Gasteiger partial charge on any atom is 0.339 e. The number of para-hydroxylation sites is 2. The van der Waals surface area contributed by atoms with Gasteiger partial charge in [0.15, 0.2) is 6.10 Å². The molecule has 1 atom stereocenters. The molecule has 0 aliphatic carbocycles. The number of cyclic esters (lactones) is 1. The number of fused-ring (bicyclic) bond motifs is 1. The number of esters is 1. The van der Waals surface area contributed by atoms with Gasteiger partial charge in [-0.1, -0.05) is 30.3 Å². The Morgan fingerprint density at radius 3 is 2.73 bits per heavy atom. The van der Waals surface area contributed by atoms with Crippen molar-refractivity contribution in [2.45, 2.75) is 12.5 Å². The standard InChI is InChI=1S/C17H15NO4/c1-21-14-9-5-4-8-13(14)18-16(19)15-10-11-6-2-3-7-12(11)17(20)22-15/h2-9,15H,10H2,1H3,(H,18,19)/t15-/m1/s1. The Balaban J connectivity index is 1.78. The molecule has 5 heteroatoms. The number of ether oxygens (including phenoxy) is 2. The first-order valence-electron chi connectivity index (χ1n) is 6.92. The molecule has 1 aliphatic rings. The van der Waals surface area contributed by atoms with Crippen molar-refractivity contribution in [3.8, 4) is 5.75 Å². The van der Waals surface area contributed by atoms with E-state index in [1.165, 1.54) is 7.11 Å². The number of hydrogen-bond acceptors (Lipinski definition) is 4. The fourth-order valence-corrected chi connectivity index (χ4v) is 2.44. The monoisotopic (exact) mass is 297 g/mol. The van der Waals surface area contributed by atoms with Crippen molar-refractivity contribution in [3.05, 3.63) is 59.7 Å². The zero-order valence-electron chi connectivity index (χ0n) is 12.0. The van der Waals surface area contributed by atoms with E-state index in [0.29, 0.717) is 23.4 Å². The van der Waals surface area contributed by atoms with Crippen LogP contribution in [-0.4, -0.2) is 25.1 Å². The summed E-state index contributed by atoms with van der Waals surface area (Å²) in [6.07, 6.45) is -0.476. The second kappa shape index (κ2) is 5.89. The molecule has 2 aromatic rings. The van der Waals surface area contributed by atoms with E-state index in [2.05, 4.69) is 5.32 Å². The van der Waals surface area contributed by atoms with Gasteiger partial charge in [0.25, 0.3) is 5.91 Å². The summed E-state index contributed by atoms with van der Waals surface area (Å²) in [5, 5.41) is 2.74. The highest BCUT2D eigenvalue weighted by Gasteiger charge is 2.31. The number of amides is 1. The summed E-state index contributed by atoms with van der Waals surface area (Å²) >= 11 is 0. The molecule has 1 aliphatic heterocycles. The van der Waals surface area contributed by atoms with Crippen molar-refractivity contribution >= 4 is 17.6 Å². The highest BCUT2D eigenvalue weighted by molar-refractivity contribution is 6.00. The van der Waals surface area contributed by atoms with E-state index in [4.69, 9.17) is 9.47 Å². The van der Waals surface area contributed by atoms with Gasteiger partial charge in [0, 0.05) is 6.42 Å². The van der Waals surface area contributed by atoms with Gasteiger partial charge >= 0.3 is 5.97 Å². The van der Waals surface area contributed by atoms with Gasteiger partial charge in [-0.2, -0.15) is 0 Å². The van der Waals surface area contributed by atoms with Crippen LogP contribution in [-0.2, 0) is 16.0 Å². The van der Waals surface area contributed by atoms with Crippen molar-refractivity contribution in [2.24, 2.45) is 0 Å². The average Bonchev–Trinajstić information content (AvgIpc) is 2.55. The summed E-state index contributed by atoms with van der Waals surface area (Å²) in [6, 6.07) is 14.2. The lowest BCUT2D eigenvalue weighted by Crippen LogP contribution is -2.38. The minimum atomic E-state index is -0.840. The lowest BCUT2D eigenvalue weighted by molar-refractivity contribution is -0.125. The van der Waals surface area contributed by atoms with E-state index in [1.54, 1.807) is 30.3 Å². The Bertz CT molecular complexity index is 726. The quantitative estimate of drug-likeness (QED) is 0.884. The first-order valence-corrected chi connectivity index (χ1v) is 6.92. The van der Waals surface area contributed by atoms with Crippen LogP contribution >= 0.6 is 0 Å². The second-order valence-corrected chi connectivity index (χ2v) is 4.94. The highest BCUT2D eigenvalue weighted by atomic mass is 16.5. The fraction of sp³-hybridized carbons (Fsp3) is 0.176. The van der Waals surface area contributed by atoms with Crippen LogP contribution < -0.4 is 10.1 Å². The molecule has 0 radical (unpaired) electrons. The minimum Gasteiger partial charge on any atom is -0.495 e. The largest absolute Gasteiger partial charge is 0.495 e. The Hall–Kier alpha value is -2.82. The zero-order chi connectivity index (χ0) is 15.5. The maximum atomic E-state index is 12.3. The molecule has 0 unspecified atom stereocenters. The molecule has 22 heavy (non-hydrogen) atoms. The van der Waals surface area contributed by atoms with Crippen molar-refractivity contribution in [2.75, 3.05) is 12.4 Å². The lowest BCUT2D eigenvalue weighted by atomic mass is 9.98. The second-order valence-electron chi connectivity index (χ2n) is 4.94. The predicted octanol–water partition coefficient (Wildman–Crippen LogP) is 2.42. The van der Waals surface area contributed by atoms with Crippen molar-refractivity contribution in [3.63, 3.8) is 0 Å². The third-order valence-corrected chi connectivity index (χ3v) is 3.55. The summed E-state index contributed by atoms with van der Waals surface area (Å²) in [7, 11) is 1.53. The normalized spacial score (nSPS) is 16.4. The molecule has 5 nitrogen and oxygen atoms in total. The molecule has 1 amide bonds. The highest BCUT2D eigenvalue weighted by Crippen LogP contribution is 2.25. The Morgan fingerprint density at radius 1 is 1.18 bits per heavy atom. The molecular weight excluding hydrogens is 282 g/mol. The van der Waals surface area contributed by atoms with Gasteiger partial charge in [-0.3, -0.25) is 4.79 Å². The van der Waals surface area contributed by atoms with Gasteiger partial charge in [0.1, 0.15) is 5.75 Å². The number of carbonyl (C=O) groups excluding carboxylic acids is 2. The molecule has 1 N–H and O–H groups in total. The lowest BCUT2D eigenvalue weighted by Gasteiger charge is -2.24. The molecule has 2 aromatic carbocycles. The Kier molecular flexibility index (Phi) is 3.78. The van der Waals surface area contributed by atoms with Crippen LogP contribution in [0, 0.1) is 0 Å².